The minimum absolute atomic E-state index is 0.550. The fourth-order valence-corrected chi connectivity index (χ4v) is 2.82. The van der Waals surface area contributed by atoms with E-state index in [-0.39, 0.29) is 0 Å². The number of nitrogens with one attached hydrogen (secondary N) is 2. The third-order valence-corrected chi connectivity index (χ3v) is 4.21. The molecular formula is C15H21BrN4O2S. The summed E-state index contributed by atoms with van der Waals surface area (Å²) in [5, 5.41) is 6.97. The molecule has 8 heteroatoms. The highest BCUT2D eigenvalue weighted by Gasteiger charge is 2.11. The van der Waals surface area contributed by atoms with Gasteiger partial charge >= 0.3 is 0 Å². The van der Waals surface area contributed by atoms with Gasteiger partial charge in [-0.15, -0.1) is 0 Å². The summed E-state index contributed by atoms with van der Waals surface area (Å²) in [5.41, 5.74) is 4.33. The molecule has 0 unspecified atom stereocenters. The van der Waals surface area contributed by atoms with Crippen molar-refractivity contribution in [3.8, 4) is 11.5 Å². The third-order valence-electron chi connectivity index (χ3n) is 3.20. The summed E-state index contributed by atoms with van der Waals surface area (Å²) in [5.74, 6) is 2.34. The van der Waals surface area contributed by atoms with Gasteiger partial charge in [0.25, 0.3) is 0 Å². The van der Waals surface area contributed by atoms with Crippen molar-refractivity contribution in [1.29, 1.82) is 0 Å². The molecule has 2 N–H and O–H groups in total. The number of aryl methyl sites for hydroxylation is 1. The normalized spacial score (nSPS) is 10.6. The van der Waals surface area contributed by atoms with Crippen LogP contribution in [0.3, 0.4) is 0 Å². The summed E-state index contributed by atoms with van der Waals surface area (Å²) in [6.45, 7) is 7.69. The third kappa shape index (κ3) is 4.26. The number of ether oxygens (including phenoxy) is 2. The van der Waals surface area contributed by atoms with Gasteiger partial charge in [0.05, 0.1) is 19.8 Å². The highest BCUT2D eigenvalue weighted by atomic mass is 79.9. The fourth-order valence-electron chi connectivity index (χ4n) is 2.14. The van der Waals surface area contributed by atoms with E-state index in [1.54, 1.807) is 4.68 Å². The molecule has 1 aromatic carbocycles. The van der Waals surface area contributed by atoms with Gasteiger partial charge in [0, 0.05) is 10.9 Å². The van der Waals surface area contributed by atoms with Gasteiger partial charge < -0.3 is 14.9 Å². The van der Waals surface area contributed by atoms with E-state index < -0.39 is 0 Å². The monoisotopic (exact) mass is 400 g/mol. The standard InChI is InChI=1S/C15H21BrN4O2S/c1-4-14-18-19-15(23)20(14)17-9-10-7-12(21-5-2)13(22-6-3)8-11(10)16/h7-8,17H,4-6,9H2,1-3H3,(H,19,23). The van der Waals surface area contributed by atoms with E-state index >= 15 is 0 Å². The van der Waals surface area contributed by atoms with E-state index in [1.165, 1.54) is 0 Å². The number of rotatable bonds is 8. The first-order valence-corrected chi connectivity index (χ1v) is 8.78. The van der Waals surface area contributed by atoms with Crippen molar-refractivity contribution in [2.75, 3.05) is 18.6 Å². The first kappa shape index (κ1) is 17.8. The zero-order valence-corrected chi connectivity index (χ0v) is 15.9. The van der Waals surface area contributed by atoms with E-state index in [4.69, 9.17) is 21.7 Å². The van der Waals surface area contributed by atoms with Crippen LogP contribution in [-0.4, -0.2) is 28.1 Å². The van der Waals surface area contributed by atoms with Crippen LogP contribution in [0, 0.1) is 4.77 Å². The highest BCUT2D eigenvalue weighted by molar-refractivity contribution is 9.10. The van der Waals surface area contributed by atoms with Crippen molar-refractivity contribution >= 4 is 28.1 Å². The molecular weight excluding hydrogens is 380 g/mol. The van der Waals surface area contributed by atoms with Crippen LogP contribution in [0.15, 0.2) is 16.6 Å². The molecule has 1 aromatic heterocycles. The summed E-state index contributed by atoms with van der Waals surface area (Å²) in [6, 6.07) is 3.90. The lowest BCUT2D eigenvalue weighted by atomic mass is 10.2. The van der Waals surface area contributed by atoms with Crippen LogP contribution in [-0.2, 0) is 13.0 Å². The molecule has 0 atom stereocenters. The number of aromatic amines is 1. The second-order valence-electron chi connectivity index (χ2n) is 4.73. The zero-order valence-electron chi connectivity index (χ0n) is 13.5. The second kappa shape index (κ2) is 8.35. The van der Waals surface area contributed by atoms with Gasteiger partial charge in [-0.05, 0) is 43.8 Å². The summed E-state index contributed by atoms with van der Waals surface area (Å²) in [4.78, 5) is 0. The maximum absolute atomic E-state index is 5.67. The largest absolute Gasteiger partial charge is 0.490 e. The number of benzene rings is 1. The van der Waals surface area contributed by atoms with Gasteiger partial charge in [-0.3, -0.25) is 5.10 Å². The predicted molar refractivity (Wildman–Crippen MR) is 96.3 cm³/mol. The van der Waals surface area contributed by atoms with E-state index in [0.717, 1.165) is 33.8 Å². The average molecular weight is 401 g/mol. The molecule has 0 aliphatic rings. The Hall–Kier alpha value is -1.54. The Bertz CT molecular complexity index is 714. The average Bonchev–Trinajstić information content (AvgIpc) is 2.89. The lowest BCUT2D eigenvalue weighted by molar-refractivity contribution is 0.287. The van der Waals surface area contributed by atoms with E-state index in [9.17, 15) is 0 Å². The first-order valence-electron chi connectivity index (χ1n) is 7.58. The minimum Gasteiger partial charge on any atom is -0.490 e. The SMILES string of the molecule is CCOc1cc(Br)c(CNn2c(CC)n[nH]c2=S)cc1OCC. The molecule has 0 saturated heterocycles. The van der Waals surface area contributed by atoms with Crippen LogP contribution in [0.2, 0.25) is 0 Å². The molecule has 0 aliphatic carbocycles. The molecule has 2 rings (SSSR count). The van der Waals surface area contributed by atoms with Gasteiger partial charge in [-0.25, -0.2) is 4.68 Å². The fraction of sp³-hybridized carbons (Fsp3) is 0.467. The van der Waals surface area contributed by atoms with Crippen LogP contribution in [0.4, 0.5) is 0 Å². The van der Waals surface area contributed by atoms with Gasteiger partial charge in [0.15, 0.2) is 17.3 Å². The molecule has 126 valence electrons. The van der Waals surface area contributed by atoms with E-state index in [1.807, 2.05) is 32.9 Å². The Balaban J connectivity index is 2.23. The zero-order chi connectivity index (χ0) is 16.8. The Morgan fingerprint density at radius 1 is 1.22 bits per heavy atom. The molecule has 0 bridgehead atoms. The van der Waals surface area contributed by atoms with Crippen LogP contribution >= 0.6 is 28.1 Å². The Kier molecular flexibility index (Phi) is 6.47. The molecule has 6 nitrogen and oxygen atoms in total. The molecule has 1 heterocycles. The number of H-pyrrole nitrogens is 1. The summed E-state index contributed by atoms with van der Waals surface area (Å²) in [7, 11) is 0. The van der Waals surface area contributed by atoms with Crippen molar-refractivity contribution in [3.63, 3.8) is 0 Å². The molecule has 0 aliphatic heterocycles. The maximum Gasteiger partial charge on any atom is 0.214 e. The van der Waals surface area contributed by atoms with Crippen molar-refractivity contribution in [2.24, 2.45) is 0 Å². The first-order chi connectivity index (χ1) is 11.1. The van der Waals surface area contributed by atoms with Gasteiger partial charge in [-0.1, -0.05) is 22.9 Å². The van der Waals surface area contributed by atoms with Gasteiger partial charge in [0.1, 0.15) is 0 Å². The number of hydrogen-bond acceptors (Lipinski definition) is 5. The van der Waals surface area contributed by atoms with Crippen molar-refractivity contribution in [1.82, 2.24) is 14.9 Å². The molecule has 23 heavy (non-hydrogen) atoms. The molecule has 0 saturated carbocycles. The smallest absolute Gasteiger partial charge is 0.214 e. The highest BCUT2D eigenvalue weighted by Crippen LogP contribution is 2.34. The van der Waals surface area contributed by atoms with Crippen molar-refractivity contribution < 1.29 is 9.47 Å². The Morgan fingerprint density at radius 3 is 2.48 bits per heavy atom. The Morgan fingerprint density at radius 2 is 1.87 bits per heavy atom. The predicted octanol–water partition coefficient (Wildman–Crippen LogP) is 3.81. The summed E-state index contributed by atoms with van der Waals surface area (Å²) in [6.07, 6.45) is 0.786. The lowest BCUT2D eigenvalue weighted by Gasteiger charge is -2.15. The molecule has 0 spiro atoms. The second-order valence-corrected chi connectivity index (χ2v) is 5.97. The lowest BCUT2D eigenvalue weighted by Crippen LogP contribution is -2.17. The van der Waals surface area contributed by atoms with Crippen LogP contribution in [0.5, 0.6) is 11.5 Å². The Labute approximate surface area is 149 Å². The molecule has 0 amide bonds. The molecule has 0 radical (unpaired) electrons. The number of nitrogens with zero attached hydrogens (tertiary/aromatic N) is 2. The maximum atomic E-state index is 5.67. The number of aromatic nitrogens is 3. The minimum atomic E-state index is 0.550. The van der Waals surface area contributed by atoms with Gasteiger partial charge in [0.2, 0.25) is 4.77 Å². The quantitative estimate of drug-likeness (QED) is 0.659. The van der Waals surface area contributed by atoms with Gasteiger partial charge in [-0.2, -0.15) is 5.10 Å². The van der Waals surface area contributed by atoms with Crippen molar-refractivity contribution in [3.05, 3.63) is 32.8 Å². The summed E-state index contributed by atoms with van der Waals surface area (Å²) < 4.78 is 14.6. The van der Waals surface area contributed by atoms with E-state index in [2.05, 4.69) is 31.6 Å². The molecule has 2 aromatic rings. The van der Waals surface area contributed by atoms with Crippen LogP contribution < -0.4 is 14.9 Å². The molecule has 0 fully saturated rings. The number of halogens is 1. The van der Waals surface area contributed by atoms with Crippen molar-refractivity contribution in [2.45, 2.75) is 33.7 Å². The van der Waals surface area contributed by atoms with E-state index in [0.29, 0.717) is 24.5 Å². The number of hydrogen-bond donors (Lipinski definition) is 2. The topological polar surface area (TPSA) is 64.1 Å². The summed E-state index contributed by atoms with van der Waals surface area (Å²) >= 11 is 8.82. The van der Waals surface area contributed by atoms with Crippen LogP contribution in [0.1, 0.15) is 32.2 Å². The van der Waals surface area contributed by atoms with Crippen LogP contribution in [0.25, 0.3) is 0 Å².